The van der Waals surface area contributed by atoms with Crippen molar-refractivity contribution in [1.82, 2.24) is 9.63 Å². The van der Waals surface area contributed by atoms with Gasteiger partial charge in [-0.1, -0.05) is 26.0 Å². The lowest BCUT2D eigenvalue weighted by molar-refractivity contribution is -0.139. The van der Waals surface area contributed by atoms with E-state index in [9.17, 15) is 14.8 Å². The molecule has 1 aromatic heterocycles. The first-order valence-corrected chi connectivity index (χ1v) is 12.1. The lowest BCUT2D eigenvalue weighted by Gasteiger charge is -2.60. The van der Waals surface area contributed by atoms with Crippen LogP contribution in [-0.4, -0.2) is 39.7 Å². The number of hydrogen-bond donors (Lipinski definition) is 1. The minimum Gasteiger partial charge on any atom is -0.427 e. The first-order valence-electron chi connectivity index (χ1n) is 12.1. The van der Waals surface area contributed by atoms with Crippen LogP contribution in [0.3, 0.4) is 0 Å². The van der Waals surface area contributed by atoms with Gasteiger partial charge in [0.05, 0.1) is 0 Å². The fourth-order valence-electron chi connectivity index (χ4n) is 8.08. The molecule has 0 bridgehead atoms. The molecule has 1 aliphatic heterocycles. The molecule has 0 saturated heterocycles. The molecular weight excluding hydrogens is 402 g/mol. The van der Waals surface area contributed by atoms with Crippen molar-refractivity contribution in [2.75, 3.05) is 7.05 Å². The van der Waals surface area contributed by atoms with Crippen LogP contribution >= 0.6 is 0 Å². The minimum atomic E-state index is -0.140. The van der Waals surface area contributed by atoms with Crippen LogP contribution < -0.4 is 5.49 Å². The van der Waals surface area contributed by atoms with Crippen LogP contribution in [0.1, 0.15) is 58.8 Å². The van der Waals surface area contributed by atoms with Gasteiger partial charge in [0.1, 0.15) is 0 Å². The number of fused-ring (bicyclic) bond motifs is 5. The summed E-state index contributed by atoms with van der Waals surface area (Å²) in [5.74, 6) is 2.23. The highest BCUT2D eigenvalue weighted by Gasteiger charge is 2.60. The predicted molar refractivity (Wildman–Crippen MR) is 120 cm³/mol. The topological polar surface area (TPSA) is 74.9 Å². The monoisotopic (exact) mass is 437 g/mol. The summed E-state index contributed by atoms with van der Waals surface area (Å²) in [5.41, 5.74) is 0.509. The number of likely N-dealkylation sites (N-methyl/N-ethyl adjacent to an activating group) is 1. The zero-order valence-electron chi connectivity index (χ0n) is 19.4. The van der Waals surface area contributed by atoms with Gasteiger partial charge in [-0.25, -0.2) is 0 Å². The van der Waals surface area contributed by atoms with E-state index in [2.05, 4.69) is 24.9 Å². The molecule has 3 aliphatic carbocycles. The fourth-order valence-corrected chi connectivity index (χ4v) is 8.08. The third kappa shape index (κ3) is 3.17. The second-order valence-electron chi connectivity index (χ2n) is 11.1. The number of aromatic nitrogens is 1. The zero-order valence-corrected chi connectivity index (χ0v) is 19.4. The predicted octanol–water partition coefficient (Wildman–Crippen LogP) is 3.80. The smallest absolute Gasteiger partial charge is 0.248 e. The summed E-state index contributed by atoms with van der Waals surface area (Å²) in [4.78, 5) is 31.2. The Bertz CT molecular complexity index is 1030. The van der Waals surface area contributed by atoms with E-state index in [0.717, 1.165) is 30.4 Å². The number of nitrogens with zero attached hydrogens (tertiary/aromatic N) is 3. The van der Waals surface area contributed by atoms with Crippen molar-refractivity contribution in [3.63, 3.8) is 0 Å². The minimum absolute atomic E-state index is 0.0538. The lowest BCUT2D eigenvalue weighted by Crippen LogP contribution is -2.59. The van der Waals surface area contributed by atoms with E-state index in [-0.39, 0.29) is 28.1 Å². The molecule has 2 heterocycles. The molecule has 7 atom stereocenters. The van der Waals surface area contributed by atoms with E-state index in [1.54, 1.807) is 24.3 Å². The number of carbonyl (C=O) groups is 2. The highest BCUT2D eigenvalue weighted by Crippen LogP contribution is 2.65. The van der Waals surface area contributed by atoms with Gasteiger partial charge in [-0.3, -0.25) is 9.59 Å². The molecule has 32 heavy (non-hydrogen) atoms. The largest absolute Gasteiger partial charge is 0.427 e. The number of hydrogen-bond acceptors (Lipinski definition) is 3. The van der Waals surface area contributed by atoms with Gasteiger partial charge < -0.3 is 10.1 Å². The van der Waals surface area contributed by atoms with Gasteiger partial charge in [0.25, 0.3) is 0 Å². The van der Waals surface area contributed by atoms with Crippen LogP contribution in [0.5, 0.6) is 0 Å². The third-order valence-electron chi connectivity index (χ3n) is 9.80. The molecule has 0 radical (unpaired) electrons. The second-order valence-corrected chi connectivity index (χ2v) is 11.1. The number of pyridine rings is 1. The van der Waals surface area contributed by atoms with E-state index in [1.165, 1.54) is 19.0 Å². The van der Waals surface area contributed by atoms with Gasteiger partial charge in [0.15, 0.2) is 5.49 Å². The third-order valence-corrected chi connectivity index (χ3v) is 9.80. The van der Waals surface area contributed by atoms with Gasteiger partial charge >= 0.3 is 0 Å². The molecule has 6 heteroatoms. The molecular formula is C26H35N3O3. The van der Waals surface area contributed by atoms with E-state index in [4.69, 9.17) is 0 Å². The van der Waals surface area contributed by atoms with Crippen molar-refractivity contribution in [1.29, 1.82) is 0 Å². The molecule has 2 amide bonds. The summed E-state index contributed by atoms with van der Waals surface area (Å²) < 4.78 is 0.904. The van der Waals surface area contributed by atoms with E-state index in [1.807, 2.05) is 11.9 Å². The molecule has 3 saturated carbocycles. The molecule has 5 rings (SSSR count). The van der Waals surface area contributed by atoms with Crippen molar-refractivity contribution in [3.8, 4) is 0 Å². The summed E-state index contributed by atoms with van der Waals surface area (Å²) >= 11 is 0. The Kier molecular flexibility index (Phi) is 5.10. The summed E-state index contributed by atoms with van der Waals surface area (Å²) in [5, 5.41) is 9.88. The van der Waals surface area contributed by atoms with Crippen molar-refractivity contribution in [2.24, 2.45) is 39.5 Å². The highest BCUT2D eigenvalue weighted by molar-refractivity contribution is 5.89. The molecule has 0 spiro atoms. The Labute approximate surface area is 190 Å². The van der Waals surface area contributed by atoms with Crippen molar-refractivity contribution in [2.45, 2.75) is 64.8 Å². The molecule has 0 unspecified atom stereocenters. The first-order chi connectivity index (χ1) is 15.2. The van der Waals surface area contributed by atoms with Crippen molar-refractivity contribution < 1.29 is 14.8 Å². The maximum absolute atomic E-state index is 12.8. The average molecular weight is 438 g/mol. The molecule has 3 fully saturated rings. The standard InChI is InChI=1S/C26H35N3O3/c1-25-13-11-20-18(8-10-21-26(20,2)14-12-24(31)28(21)3)19(25)9-7-17(25)16-23(30)27-22-6-4-5-15-29(22)32/h4-6,12,14-15,17-21,32H,7-11,13,16H2,1-3H3/t17-,18+,19+,20+,21-,25-,26-/m1/s1. The molecule has 172 valence electrons. The Morgan fingerprint density at radius 1 is 1.16 bits per heavy atom. The maximum Gasteiger partial charge on any atom is 0.248 e. The maximum atomic E-state index is 12.8. The summed E-state index contributed by atoms with van der Waals surface area (Å²) in [6, 6.07) is 5.43. The number of carbonyl (C=O) groups excluding carboxylic acids is 2. The van der Waals surface area contributed by atoms with Gasteiger partial charge in [-0.15, -0.1) is 0 Å². The van der Waals surface area contributed by atoms with E-state index in [0.29, 0.717) is 36.1 Å². The van der Waals surface area contributed by atoms with Crippen LogP contribution in [0.25, 0.3) is 0 Å². The quantitative estimate of drug-likeness (QED) is 0.715. The molecule has 1 N–H and O–H groups in total. The van der Waals surface area contributed by atoms with Crippen LogP contribution in [0.2, 0.25) is 0 Å². The van der Waals surface area contributed by atoms with Crippen LogP contribution in [0.15, 0.2) is 41.5 Å². The van der Waals surface area contributed by atoms with Gasteiger partial charge in [-0.05, 0) is 85.8 Å². The Morgan fingerprint density at radius 2 is 1.97 bits per heavy atom. The van der Waals surface area contributed by atoms with Crippen LogP contribution in [0, 0.1) is 34.5 Å². The highest BCUT2D eigenvalue weighted by atomic mass is 16.5. The van der Waals surface area contributed by atoms with Gasteiger partial charge in [0.2, 0.25) is 11.8 Å². The molecule has 1 aromatic rings. The van der Waals surface area contributed by atoms with Crippen molar-refractivity contribution in [3.05, 3.63) is 42.0 Å². The van der Waals surface area contributed by atoms with E-state index < -0.39 is 0 Å². The molecule has 0 aromatic carbocycles. The summed E-state index contributed by atoms with van der Waals surface area (Å²) in [7, 11) is 1.96. The second kappa shape index (κ2) is 7.60. The Hall–Kier alpha value is -2.37. The summed E-state index contributed by atoms with van der Waals surface area (Å²) in [6.07, 6.45) is 12.8. The molecule has 6 nitrogen and oxygen atoms in total. The normalized spacial score (nSPS) is 41.2. The van der Waals surface area contributed by atoms with E-state index >= 15 is 0 Å². The number of amides is 2. The van der Waals surface area contributed by atoms with Crippen molar-refractivity contribution >= 4 is 11.8 Å². The SMILES string of the molecule is CN1C(=O)C=C[C@]2(C)[C@H]3CC[C@]4(C)[C@@H](CC(=O)N=c5ccccn5O)CC[C@H]4[C@@H]3CC[C@@H]12. The summed E-state index contributed by atoms with van der Waals surface area (Å²) in [6.45, 7) is 4.78. The number of rotatable bonds is 2. The van der Waals surface area contributed by atoms with Gasteiger partial charge in [0, 0.05) is 31.1 Å². The lowest BCUT2D eigenvalue weighted by atomic mass is 9.47. The Balaban J connectivity index is 1.36. The fraction of sp³-hybridized carbons (Fsp3) is 0.654. The Morgan fingerprint density at radius 3 is 2.75 bits per heavy atom. The molecule has 4 aliphatic rings. The first kappa shape index (κ1) is 21.5. The van der Waals surface area contributed by atoms with Crippen LogP contribution in [-0.2, 0) is 9.59 Å². The van der Waals surface area contributed by atoms with Crippen LogP contribution in [0.4, 0.5) is 0 Å². The average Bonchev–Trinajstić information content (AvgIpc) is 3.09. The zero-order chi connectivity index (χ0) is 22.7. The van der Waals surface area contributed by atoms with Gasteiger partial charge in [-0.2, -0.15) is 9.72 Å².